The highest BCUT2D eigenvalue weighted by Gasteiger charge is 2.31. The predicted molar refractivity (Wildman–Crippen MR) is 136 cm³/mol. The highest BCUT2D eigenvalue weighted by atomic mass is 35.5. The number of ether oxygens (including phenoxy) is 1. The minimum atomic E-state index is -3.72. The summed E-state index contributed by atoms with van der Waals surface area (Å²) in [6, 6.07) is 16.1. The summed E-state index contributed by atoms with van der Waals surface area (Å²) in [5, 5.41) is 10.3. The summed E-state index contributed by atoms with van der Waals surface area (Å²) in [5.41, 5.74) is 0.835. The lowest BCUT2D eigenvalue weighted by molar-refractivity contribution is 0.383. The van der Waals surface area contributed by atoms with Crippen LogP contribution in [0.25, 0.3) is 11.3 Å². The monoisotopic (exact) mass is 546 g/mol. The largest absolute Gasteiger partial charge is 0.497 e. The Kier molecular flexibility index (Phi) is 7.24. The number of pyridine rings is 1. The number of benzene rings is 2. The molecule has 1 aromatic heterocycles. The van der Waals surface area contributed by atoms with Crippen molar-refractivity contribution < 1.29 is 21.6 Å². The van der Waals surface area contributed by atoms with Crippen LogP contribution < -0.4 is 9.64 Å². The Morgan fingerprint density at radius 2 is 1.58 bits per heavy atom. The van der Waals surface area contributed by atoms with Crippen LogP contribution in [0, 0.1) is 11.3 Å². The third kappa shape index (κ3) is 5.17. The van der Waals surface area contributed by atoms with Crippen LogP contribution in [0.15, 0.2) is 64.4 Å². The quantitative estimate of drug-likeness (QED) is 0.462. The number of aromatic nitrogens is 1. The Hall–Kier alpha value is -3.17. The summed E-state index contributed by atoms with van der Waals surface area (Å²) in [7, 11) is -5.91. The zero-order valence-electron chi connectivity index (χ0n) is 19.5. The molecule has 0 amide bonds. The molecule has 36 heavy (non-hydrogen) atoms. The van der Waals surface area contributed by atoms with Gasteiger partial charge in [-0.15, -0.1) is 0 Å². The topological polar surface area (TPSA) is 121 Å². The van der Waals surface area contributed by atoms with E-state index >= 15 is 0 Å². The van der Waals surface area contributed by atoms with Gasteiger partial charge in [0.1, 0.15) is 17.6 Å². The smallest absolute Gasteiger partial charge is 0.243 e. The fraction of sp³-hybridized carbons (Fsp3) is 0.250. The van der Waals surface area contributed by atoms with E-state index in [4.69, 9.17) is 16.3 Å². The summed E-state index contributed by atoms with van der Waals surface area (Å²) >= 11 is 5.99. The maximum atomic E-state index is 13.1. The van der Waals surface area contributed by atoms with E-state index in [0.717, 1.165) is 6.26 Å². The molecule has 3 aromatic rings. The molecule has 2 aromatic carbocycles. The van der Waals surface area contributed by atoms with E-state index in [2.05, 4.69) is 4.98 Å². The van der Waals surface area contributed by atoms with E-state index in [1.54, 1.807) is 41.3 Å². The molecule has 1 aliphatic heterocycles. The molecule has 0 radical (unpaired) electrons. The fourth-order valence-electron chi connectivity index (χ4n) is 3.94. The first-order chi connectivity index (χ1) is 17.0. The number of methoxy groups -OCH3 is 1. The van der Waals surface area contributed by atoms with Gasteiger partial charge in [0.2, 0.25) is 10.0 Å². The molecule has 0 saturated carbocycles. The van der Waals surface area contributed by atoms with Crippen LogP contribution in [-0.2, 0) is 19.9 Å². The van der Waals surface area contributed by atoms with Crippen molar-refractivity contribution in [2.75, 3.05) is 44.4 Å². The molecule has 1 fully saturated rings. The van der Waals surface area contributed by atoms with Gasteiger partial charge in [0.15, 0.2) is 9.84 Å². The lowest BCUT2D eigenvalue weighted by atomic mass is 10.1. The van der Waals surface area contributed by atoms with Gasteiger partial charge in [0.25, 0.3) is 0 Å². The summed E-state index contributed by atoms with van der Waals surface area (Å²) < 4.78 is 57.7. The maximum Gasteiger partial charge on any atom is 0.243 e. The molecule has 188 valence electrons. The Balaban J connectivity index is 1.66. The maximum absolute atomic E-state index is 13.1. The molecule has 0 N–H and O–H groups in total. The van der Waals surface area contributed by atoms with Gasteiger partial charge < -0.3 is 9.64 Å². The van der Waals surface area contributed by atoms with Gasteiger partial charge in [-0.2, -0.15) is 9.57 Å². The number of piperazine rings is 1. The Bertz CT molecular complexity index is 1530. The van der Waals surface area contributed by atoms with Crippen LogP contribution in [0.3, 0.4) is 0 Å². The lowest BCUT2D eigenvalue weighted by Gasteiger charge is -2.35. The van der Waals surface area contributed by atoms with Gasteiger partial charge in [0, 0.05) is 43.0 Å². The van der Waals surface area contributed by atoms with E-state index in [9.17, 15) is 22.1 Å². The highest BCUT2D eigenvalue weighted by Crippen LogP contribution is 2.32. The van der Waals surface area contributed by atoms with Gasteiger partial charge in [-0.05, 0) is 42.5 Å². The lowest BCUT2D eigenvalue weighted by Crippen LogP contribution is -2.49. The second-order valence-electron chi connectivity index (χ2n) is 8.16. The molecule has 0 aliphatic carbocycles. The molecule has 0 spiro atoms. The number of sulfonamides is 1. The third-order valence-electron chi connectivity index (χ3n) is 5.84. The number of nitriles is 1. The van der Waals surface area contributed by atoms with Crippen LogP contribution >= 0.6 is 11.6 Å². The zero-order chi connectivity index (χ0) is 26.1. The van der Waals surface area contributed by atoms with Crippen LogP contribution in [-0.4, -0.2) is 65.7 Å². The summed E-state index contributed by atoms with van der Waals surface area (Å²) in [6.07, 6.45) is 1.06. The SMILES string of the molecule is COc1ccc(S(=O)(=O)N2CCN(c3nc(-c4ccc(Cl)cc4)c(S(C)(=O)=O)cc3C#N)CC2)cc1. The number of hydrogen-bond acceptors (Lipinski definition) is 8. The van der Waals surface area contributed by atoms with Crippen molar-refractivity contribution in [1.29, 1.82) is 5.26 Å². The minimum Gasteiger partial charge on any atom is -0.497 e. The van der Waals surface area contributed by atoms with Gasteiger partial charge >= 0.3 is 0 Å². The van der Waals surface area contributed by atoms with E-state index in [1.807, 2.05) is 6.07 Å². The molecule has 12 heteroatoms. The second-order valence-corrected chi connectivity index (χ2v) is 12.5. The number of hydrogen-bond donors (Lipinski definition) is 0. The number of sulfone groups is 1. The van der Waals surface area contributed by atoms with Gasteiger partial charge in [-0.25, -0.2) is 21.8 Å². The van der Waals surface area contributed by atoms with Crippen LogP contribution in [0.4, 0.5) is 5.82 Å². The first-order valence-electron chi connectivity index (χ1n) is 10.8. The zero-order valence-corrected chi connectivity index (χ0v) is 21.9. The Labute approximate surface area is 215 Å². The summed E-state index contributed by atoms with van der Waals surface area (Å²) in [6.45, 7) is 0.890. The molecule has 2 heterocycles. The van der Waals surface area contributed by atoms with E-state index in [0.29, 0.717) is 22.2 Å². The Morgan fingerprint density at radius 3 is 2.11 bits per heavy atom. The average Bonchev–Trinajstić information content (AvgIpc) is 2.88. The van der Waals surface area contributed by atoms with Gasteiger partial charge in [-0.3, -0.25) is 0 Å². The number of rotatable bonds is 6. The van der Waals surface area contributed by atoms with Crippen molar-refractivity contribution in [1.82, 2.24) is 9.29 Å². The van der Waals surface area contributed by atoms with E-state index < -0.39 is 19.9 Å². The molecule has 1 aliphatic rings. The van der Waals surface area contributed by atoms with Crippen molar-refractivity contribution in [3.63, 3.8) is 0 Å². The van der Waals surface area contributed by atoms with Crippen molar-refractivity contribution in [3.8, 4) is 23.1 Å². The van der Waals surface area contributed by atoms with Crippen molar-refractivity contribution >= 4 is 37.3 Å². The molecular formula is C24H23ClN4O5S2. The first kappa shape index (κ1) is 25.9. The van der Waals surface area contributed by atoms with E-state index in [1.165, 1.54) is 29.6 Å². The number of halogens is 1. The second kappa shape index (κ2) is 10.1. The molecule has 4 rings (SSSR count). The number of nitrogens with zero attached hydrogens (tertiary/aromatic N) is 4. The van der Waals surface area contributed by atoms with Crippen LogP contribution in [0.2, 0.25) is 5.02 Å². The van der Waals surface area contributed by atoms with Crippen LogP contribution in [0.1, 0.15) is 5.56 Å². The standard InChI is InChI=1S/C24H23ClN4O5S2/c1-34-20-7-9-21(10-8-20)36(32,33)29-13-11-28(12-14-29)24-18(16-26)15-22(35(2,30)31)23(27-24)17-3-5-19(25)6-4-17/h3-10,15H,11-14H2,1-2H3. The van der Waals surface area contributed by atoms with Crippen LogP contribution in [0.5, 0.6) is 5.75 Å². The van der Waals surface area contributed by atoms with Crippen molar-refractivity contribution in [2.24, 2.45) is 0 Å². The Morgan fingerprint density at radius 1 is 0.972 bits per heavy atom. The van der Waals surface area contributed by atoms with Crippen molar-refractivity contribution in [2.45, 2.75) is 9.79 Å². The van der Waals surface area contributed by atoms with Gasteiger partial charge in [0.05, 0.1) is 28.2 Å². The van der Waals surface area contributed by atoms with Gasteiger partial charge in [-0.1, -0.05) is 23.7 Å². The number of anilines is 1. The van der Waals surface area contributed by atoms with E-state index in [-0.39, 0.29) is 47.2 Å². The summed E-state index contributed by atoms with van der Waals surface area (Å²) in [5.74, 6) is 0.860. The molecule has 0 bridgehead atoms. The third-order valence-corrected chi connectivity index (χ3v) is 9.12. The molecular weight excluding hydrogens is 524 g/mol. The normalized spacial score (nSPS) is 14.9. The molecule has 0 atom stereocenters. The first-order valence-corrected chi connectivity index (χ1v) is 14.6. The minimum absolute atomic E-state index is 0.0640. The molecule has 1 saturated heterocycles. The fourth-order valence-corrected chi connectivity index (χ4v) is 6.34. The molecule has 0 unspecified atom stereocenters. The predicted octanol–water partition coefficient (Wildman–Crippen LogP) is 3.20. The highest BCUT2D eigenvalue weighted by molar-refractivity contribution is 7.90. The molecule has 9 nitrogen and oxygen atoms in total. The average molecular weight is 547 g/mol. The summed E-state index contributed by atoms with van der Waals surface area (Å²) in [4.78, 5) is 6.49. The van der Waals surface area contributed by atoms with Crippen molar-refractivity contribution in [3.05, 3.63) is 65.2 Å².